The van der Waals surface area contributed by atoms with Crippen LogP contribution < -0.4 is 4.74 Å². The van der Waals surface area contributed by atoms with Gasteiger partial charge in [0.1, 0.15) is 23.6 Å². The summed E-state index contributed by atoms with van der Waals surface area (Å²) in [6, 6.07) is 13.2. The number of carbonyl (C=O) groups is 1. The van der Waals surface area contributed by atoms with Crippen molar-refractivity contribution in [3.05, 3.63) is 65.7 Å². The highest BCUT2D eigenvalue weighted by Crippen LogP contribution is 2.33. The normalized spacial score (nSPS) is 15.4. The largest absolute Gasteiger partial charge is 0.471 e. The van der Waals surface area contributed by atoms with Crippen molar-refractivity contribution in [2.24, 2.45) is 0 Å². The van der Waals surface area contributed by atoms with Crippen LogP contribution in [-0.2, 0) is 16.9 Å². The third-order valence-corrected chi connectivity index (χ3v) is 7.01. The average molecular weight is 558 g/mol. The van der Waals surface area contributed by atoms with Gasteiger partial charge in [-0.15, -0.1) is 15.3 Å². The zero-order valence-corrected chi connectivity index (χ0v) is 23.4. The first-order chi connectivity index (χ1) is 19.6. The van der Waals surface area contributed by atoms with E-state index in [9.17, 15) is 9.90 Å². The van der Waals surface area contributed by atoms with Crippen molar-refractivity contribution in [2.45, 2.75) is 58.3 Å². The Hall–Kier alpha value is -4.58. The molecular weight excluding hydrogens is 526 g/mol. The Bertz CT molecular complexity index is 1710. The molecule has 212 valence electrons. The van der Waals surface area contributed by atoms with Gasteiger partial charge in [0.15, 0.2) is 11.3 Å². The lowest BCUT2D eigenvalue weighted by Gasteiger charge is -2.38. The molecule has 6 rings (SSSR count). The van der Waals surface area contributed by atoms with Crippen molar-refractivity contribution >= 4 is 22.5 Å². The van der Waals surface area contributed by atoms with Gasteiger partial charge in [0.2, 0.25) is 11.7 Å². The molecule has 1 aliphatic heterocycles. The lowest BCUT2D eigenvalue weighted by Crippen LogP contribution is -2.47. The van der Waals surface area contributed by atoms with Crippen LogP contribution in [0.4, 0.5) is 4.79 Å². The van der Waals surface area contributed by atoms with E-state index in [4.69, 9.17) is 19.1 Å². The number of rotatable bonds is 5. The van der Waals surface area contributed by atoms with Crippen LogP contribution in [-0.4, -0.2) is 64.7 Å². The fraction of sp³-hybridized carbons (Fsp3) is 0.379. The zero-order valence-electron chi connectivity index (χ0n) is 23.4. The van der Waals surface area contributed by atoms with Crippen LogP contribution >= 0.6 is 0 Å². The molecule has 1 aromatic carbocycles. The van der Waals surface area contributed by atoms with Crippen LogP contribution in [0.25, 0.3) is 27.9 Å². The number of amides is 1. The maximum Gasteiger partial charge on any atom is 0.410 e. The van der Waals surface area contributed by atoms with Gasteiger partial charge in [-0.25, -0.2) is 4.79 Å². The topological polar surface area (TPSA) is 141 Å². The third-order valence-electron chi connectivity index (χ3n) is 7.01. The number of nitrogens with zero attached hydrogens (tertiary/aromatic N) is 7. The van der Waals surface area contributed by atoms with Crippen LogP contribution in [0.5, 0.6) is 5.88 Å². The number of hydrogen-bond donors (Lipinski definition) is 1. The molecule has 1 amide bonds. The summed E-state index contributed by atoms with van der Waals surface area (Å²) >= 11 is 0. The number of carbonyl (C=O) groups excluding carboxylic acids is 1. The molecular formula is C29H31N7O5. The van der Waals surface area contributed by atoms with Gasteiger partial charge >= 0.3 is 6.09 Å². The summed E-state index contributed by atoms with van der Waals surface area (Å²) in [6.45, 7) is 8.30. The fourth-order valence-electron chi connectivity index (χ4n) is 4.87. The Labute approximate surface area is 235 Å². The number of aryl methyl sites for hydroxylation is 1. The fourth-order valence-corrected chi connectivity index (χ4v) is 4.87. The van der Waals surface area contributed by atoms with E-state index in [1.807, 2.05) is 58.0 Å². The number of aliphatic hydroxyl groups is 1. The Morgan fingerprint density at radius 1 is 1.10 bits per heavy atom. The molecule has 1 N–H and O–H groups in total. The minimum atomic E-state index is -1.12. The first-order valence-electron chi connectivity index (χ1n) is 13.5. The second-order valence-corrected chi connectivity index (χ2v) is 11.3. The van der Waals surface area contributed by atoms with Gasteiger partial charge in [0.05, 0.1) is 5.69 Å². The monoisotopic (exact) mass is 557 g/mol. The van der Waals surface area contributed by atoms with Gasteiger partial charge in [-0.05, 0) is 52.7 Å². The van der Waals surface area contributed by atoms with Gasteiger partial charge in [0.25, 0.3) is 0 Å². The van der Waals surface area contributed by atoms with Crippen molar-refractivity contribution in [3.8, 4) is 17.4 Å². The summed E-state index contributed by atoms with van der Waals surface area (Å²) in [4.78, 5) is 18.6. The van der Waals surface area contributed by atoms with Gasteiger partial charge in [-0.2, -0.15) is 4.52 Å². The number of likely N-dealkylation sites (tertiary alicyclic amines) is 1. The summed E-state index contributed by atoms with van der Waals surface area (Å²) in [5, 5.41) is 30.3. The van der Waals surface area contributed by atoms with Gasteiger partial charge in [-0.1, -0.05) is 29.4 Å². The Morgan fingerprint density at radius 3 is 2.51 bits per heavy atom. The smallest absolute Gasteiger partial charge is 0.410 e. The molecule has 0 bridgehead atoms. The van der Waals surface area contributed by atoms with E-state index >= 15 is 0 Å². The number of benzene rings is 1. The molecule has 1 saturated heterocycles. The van der Waals surface area contributed by atoms with Gasteiger partial charge in [0, 0.05) is 41.7 Å². The number of aromatic nitrogens is 6. The molecule has 12 heteroatoms. The quantitative estimate of drug-likeness (QED) is 0.330. The summed E-state index contributed by atoms with van der Waals surface area (Å²) in [5.74, 6) is 1.51. The minimum Gasteiger partial charge on any atom is -0.471 e. The lowest BCUT2D eigenvalue weighted by molar-refractivity contribution is -0.0381. The summed E-state index contributed by atoms with van der Waals surface area (Å²) in [7, 11) is 0. The van der Waals surface area contributed by atoms with Crippen LogP contribution in [0.3, 0.4) is 0 Å². The highest BCUT2D eigenvalue weighted by molar-refractivity contribution is 5.96. The van der Waals surface area contributed by atoms with E-state index < -0.39 is 11.2 Å². The molecule has 0 saturated carbocycles. The maximum atomic E-state index is 12.4. The number of piperidine rings is 1. The highest BCUT2D eigenvalue weighted by atomic mass is 16.6. The molecule has 0 aliphatic carbocycles. The van der Waals surface area contributed by atoms with E-state index in [2.05, 4.69) is 20.3 Å². The molecule has 5 aromatic rings. The Morgan fingerprint density at radius 2 is 1.85 bits per heavy atom. The van der Waals surface area contributed by atoms with Crippen molar-refractivity contribution in [3.63, 3.8) is 0 Å². The molecule has 0 spiro atoms. The molecule has 12 nitrogen and oxygen atoms in total. The molecule has 0 radical (unpaired) electrons. The highest BCUT2D eigenvalue weighted by Gasteiger charge is 2.37. The molecule has 41 heavy (non-hydrogen) atoms. The molecule has 4 aromatic heterocycles. The number of hydrogen-bond acceptors (Lipinski definition) is 10. The van der Waals surface area contributed by atoms with Crippen LogP contribution in [0.15, 0.2) is 53.2 Å². The summed E-state index contributed by atoms with van der Waals surface area (Å²) in [6.07, 6.45) is 2.07. The minimum absolute atomic E-state index is 0.209. The molecule has 1 fully saturated rings. The third kappa shape index (κ3) is 5.30. The van der Waals surface area contributed by atoms with Crippen molar-refractivity contribution in [1.29, 1.82) is 0 Å². The second-order valence-electron chi connectivity index (χ2n) is 11.3. The van der Waals surface area contributed by atoms with Gasteiger partial charge < -0.3 is 24.0 Å². The van der Waals surface area contributed by atoms with E-state index in [1.165, 1.54) is 0 Å². The second kappa shape index (κ2) is 10.1. The van der Waals surface area contributed by atoms with E-state index in [-0.39, 0.29) is 12.7 Å². The number of fused-ring (bicyclic) bond motifs is 3. The maximum absolute atomic E-state index is 12.4. The van der Waals surface area contributed by atoms with E-state index in [0.29, 0.717) is 60.4 Å². The standard InChI is InChI=1S/C29H31N7O5/c1-18-15-22(34-41-18)25-32-31-24-20-7-5-6-8-21(20)26(33-36(24)25)39-17-19-9-10-23(30-16-19)29(38)11-13-35(14-12-29)27(37)40-28(2,3)4/h5-10,15-16,38H,11-14,17H2,1-4H3. The number of pyridine rings is 1. The number of ether oxygens (including phenoxy) is 2. The van der Waals surface area contributed by atoms with Crippen molar-refractivity contribution in [2.75, 3.05) is 13.1 Å². The zero-order chi connectivity index (χ0) is 28.8. The van der Waals surface area contributed by atoms with Crippen LogP contribution in [0.2, 0.25) is 0 Å². The van der Waals surface area contributed by atoms with E-state index in [0.717, 1.165) is 16.3 Å². The molecule has 1 aliphatic rings. The SMILES string of the molecule is Cc1cc(-c2nnc3c4ccccc4c(OCc4ccc(C5(O)CCN(C(=O)OC(C)(C)C)CC5)nc4)nn23)no1. The lowest BCUT2D eigenvalue weighted by atomic mass is 9.88. The Kier molecular flexibility index (Phi) is 6.57. The molecule has 0 unspecified atom stereocenters. The molecule has 5 heterocycles. The van der Waals surface area contributed by atoms with E-state index in [1.54, 1.807) is 27.7 Å². The molecule has 0 atom stereocenters. The first kappa shape index (κ1) is 26.6. The predicted molar refractivity (Wildman–Crippen MR) is 148 cm³/mol. The summed E-state index contributed by atoms with van der Waals surface area (Å²) in [5.41, 5.74) is 0.799. The van der Waals surface area contributed by atoms with Crippen molar-refractivity contribution < 1.29 is 23.9 Å². The van der Waals surface area contributed by atoms with Gasteiger partial charge in [-0.3, -0.25) is 4.98 Å². The van der Waals surface area contributed by atoms with Crippen LogP contribution in [0.1, 0.15) is 50.6 Å². The summed E-state index contributed by atoms with van der Waals surface area (Å²) < 4.78 is 18.5. The Balaban J connectivity index is 1.18. The predicted octanol–water partition coefficient (Wildman–Crippen LogP) is 4.43. The average Bonchev–Trinajstić information content (AvgIpc) is 3.57. The van der Waals surface area contributed by atoms with Crippen LogP contribution in [0, 0.1) is 6.92 Å². The van der Waals surface area contributed by atoms with Crippen molar-refractivity contribution in [1.82, 2.24) is 34.9 Å². The first-order valence-corrected chi connectivity index (χ1v) is 13.5.